The Balaban J connectivity index is 2.54. The lowest BCUT2D eigenvalue weighted by Gasteiger charge is -2.35. The Morgan fingerprint density at radius 2 is 1.95 bits per heavy atom. The molecule has 1 aliphatic rings. The van der Waals surface area contributed by atoms with Gasteiger partial charge in [0, 0.05) is 11.5 Å². The van der Waals surface area contributed by atoms with Gasteiger partial charge < -0.3 is 21.9 Å². The summed E-state index contributed by atoms with van der Waals surface area (Å²) in [5.74, 6) is -1.14. The molecule has 1 amide bonds. The highest BCUT2D eigenvalue weighted by molar-refractivity contribution is 5.87. The highest BCUT2D eigenvalue weighted by Gasteiger charge is 2.38. The van der Waals surface area contributed by atoms with Crippen LogP contribution in [0.3, 0.4) is 0 Å². The van der Waals surface area contributed by atoms with Crippen molar-refractivity contribution in [1.82, 2.24) is 5.32 Å². The van der Waals surface area contributed by atoms with Crippen molar-refractivity contribution in [3.05, 3.63) is 0 Å². The second kappa shape index (κ2) is 7.59. The molecule has 6 N–H and O–H groups in total. The zero-order chi connectivity index (χ0) is 15.2. The van der Waals surface area contributed by atoms with Crippen LogP contribution in [0.5, 0.6) is 0 Å². The van der Waals surface area contributed by atoms with Gasteiger partial charge in [0.15, 0.2) is 0 Å². The van der Waals surface area contributed by atoms with Crippen LogP contribution in [-0.2, 0) is 9.59 Å². The van der Waals surface area contributed by atoms with Gasteiger partial charge in [-0.25, -0.2) is 4.79 Å². The molecule has 1 fully saturated rings. The molecule has 0 aromatic carbocycles. The molecule has 6 heteroatoms. The quantitative estimate of drug-likeness (QED) is 0.511. The highest BCUT2D eigenvalue weighted by Crippen LogP contribution is 2.35. The summed E-state index contributed by atoms with van der Waals surface area (Å²) in [6.45, 7) is 2.43. The third-order valence-electron chi connectivity index (χ3n) is 4.23. The summed E-state index contributed by atoms with van der Waals surface area (Å²) in [7, 11) is 0. The average molecular weight is 285 g/mol. The van der Waals surface area contributed by atoms with Crippen LogP contribution in [-0.4, -0.2) is 35.6 Å². The van der Waals surface area contributed by atoms with Crippen molar-refractivity contribution in [2.45, 2.75) is 64.0 Å². The molecular formula is C14H27N3O3. The Hall–Kier alpha value is -1.14. The van der Waals surface area contributed by atoms with Crippen molar-refractivity contribution in [3.63, 3.8) is 0 Å². The fraction of sp³-hybridized carbons (Fsp3) is 0.857. The van der Waals surface area contributed by atoms with E-state index in [-0.39, 0.29) is 11.9 Å². The number of carbonyl (C=O) groups excluding carboxylic acids is 1. The molecule has 116 valence electrons. The van der Waals surface area contributed by atoms with E-state index < -0.39 is 17.4 Å². The zero-order valence-electron chi connectivity index (χ0n) is 12.2. The standard InChI is InChI=1S/C14H27N3O3/c1-14(7-5-10(16)6-8-14)13(20)17-11(12(18)19)4-2-3-9-15/h10-11H,2-9,15-16H2,1H3,(H,17,20)(H,18,19)/t10?,11-,14?/m0/s1. The predicted octanol–water partition coefficient (Wildman–Crippen LogP) is 0.592. The van der Waals surface area contributed by atoms with E-state index >= 15 is 0 Å². The fourth-order valence-corrected chi connectivity index (χ4v) is 2.59. The molecule has 1 aliphatic carbocycles. The highest BCUT2D eigenvalue weighted by atomic mass is 16.4. The molecule has 1 atom stereocenters. The minimum atomic E-state index is -0.980. The first-order chi connectivity index (χ1) is 9.39. The SMILES string of the molecule is CC1(C(=O)N[C@@H](CCCCN)C(=O)O)CCC(N)CC1. The van der Waals surface area contributed by atoms with Crippen molar-refractivity contribution in [2.75, 3.05) is 6.54 Å². The predicted molar refractivity (Wildman–Crippen MR) is 77.0 cm³/mol. The molecule has 0 radical (unpaired) electrons. The number of nitrogens with one attached hydrogen (secondary N) is 1. The Morgan fingerprint density at radius 3 is 2.45 bits per heavy atom. The number of hydrogen-bond donors (Lipinski definition) is 4. The van der Waals surface area contributed by atoms with Gasteiger partial charge in [0.25, 0.3) is 0 Å². The summed E-state index contributed by atoms with van der Waals surface area (Å²) in [6, 6.07) is -0.655. The van der Waals surface area contributed by atoms with Crippen LogP contribution < -0.4 is 16.8 Å². The maximum atomic E-state index is 12.3. The van der Waals surface area contributed by atoms with E-state index in [2.05, 4.69) is 5.32 Å². The fourth-order valence-electron chi connectivity index (χ4n) is 2.59. The van der Waals surface area contributed by atoms with Crippen molar-refractivity contribution in [1.29, 1.82) is 0 Å². The van der Waals surface area contributed by atoms with E-state index in [1.807, 2.05) is 6.92 Å². The number of rotatable bonds is 7. The van der Waals surface area contributed by atoms with Gasteiger partial charge in [-0.3, -0.25) is 4.79 Å². The summed E-state index contributed by atoms with van der Waals surface area (Å²) in [6.07, 6.45) is 4.96. The Labute approximate surface area is 120 Å². The van der Waals surface area contributed by atoms with E-state index in [1.165, 1.54) is 0 Å². The van der Waals surface area contributed by atoms with Gasteiger partial charge in [0.05, 0.1) is 0 Å². The number of amides is 1. The maximum Gasteiger partial charge on any atom is 0.326 e. The molecule has 0 saturated heterocycles. The summed E-state index contributed by atoms with van der Waals surface area (Å²) in [5.41, 5.74) is 10.8. The molecule has 0 aliphatic heterocycles. The zero-order valence-corrected chi connectivity index (χ0v) is 12.2. The molecule has 0 unspecified atom stereocenters. The van der Waals surface area contributed by atoms with Crippen LogP contribution in [0, 0.1) is 5.41 Å². The average Bonchev–Trinajstić information content (AvgIpc) is 2.41. The van der Waals surface area contributed by atoms with Gasteiger partial charge in [-0.15, -0.1) is 0 Å². The third-order valence-corrected chi connectivity index (χ3v) is 4.23. The summed E-state index contributed by atoms with van der Waals surface area (Å²) < 4.78 is 0. The van der Waals surface area contributed by atoms with E-state index in [4.69, 9.17) is 11.5 Å². The topological polar surface area (TPSA) is 118 Å². The molecular weight excluding hydrogens is 258 g/mol. The van der Waals surface area contributed by atoms with Gasteiger partial charge in [0.1, 0.15) is 6.04 Å². The van der Waals surface area contributed by atoms with Gasteiger partial charge in [0.2, 0.25) is 5.91 Å². The van der Waals surface area contributed by atoms with E-state index in [0.717, 1.165) is 32.1 Å². The van der Waals surface area contributed by atoms with Gasteiger partial charge in [-0.05, 0) is 51.5 Å². The number of carbonyl (C=O) groups is 2. The van der Waals surface area contributed by atoms with Crippen LogP contribution in [0.15, 0.2) is 0 Å². The number of nitrogens with two attached hydrogens (primary N) is 2. The molecule has 0 bridgehead atoms. The Morgan fingerprint density at radius 1 is 1.35 bits per heavy atom. The van der Waals surface area contributed by atoms with Crippen LogP contribution in [0.2, 0.25) is 0 Å². The number of unbranched alkanes of at least 4 members (excludes halogenated alkanes) is 1. The van der Waals surface area contributed by atoms with E-state index in [0.29, 0.717) is 19.4 Å². The summed E-state index contributed by atoms with van der Waals surface area (Å²) >= 11 is 0. The normalized spacial score (nSPS) is 27.9. The second-order valence-electron chi connectivity index (χ2n) is 6.05. The third kappa shape index (κ3) is 4.76. The monoisotopic (exact) mass is 285 g/mol. The minimum absolute atomic E-state index is 0.162. The molecule has 0 spiro atoms. The smallest absolute Gasteiger partial charge is 0.326 e. The van der Waals surface area contributed by atoms with Crippen LogP contribution >= 0.6 is 0 Å². The molecule has 0 aromatic rings. The molecule has 6 nitrogen and oxygen atoms in total. The maximum absolute atomic E-state index is 12.3. The first kappa shape index (κ1) is 16.9. The molecule has 1 rings (SSSR count). The van der Waals surface area contributed by atoms with Gasteiger partial charge >= 0.3 is 5.97 Å². The first-order valence-electron chi connectivity index (χ1n) is 7.38. The number of aliphatic carboxylic acids is 1. The van der Waals surface area contributed by atoms with Crippen molar-refractivity contribution >= 4 is 11.9 Å². The second-order valence-corrected chi connectivity index (χ2v) is 6.05. The Bertz CT molecular complexity index is 339. The van der Waals surface area contributed by atoms with Gasteiger partial charge in [-0.1, -0.05) is 6.92 Å². The molecule has 1 saturated carbocycles. The number of hydrogen-bond acceptors (Lipinski definition) is 4. The van der Waals surface area contributed by atoms with Crippen molar-refractivity contribution < 1.29 is 14.7 Å². The lowest BCUT2D eigenvalue weighted by molar-refractivity contribution is -0.144. The van der Waals surface area contributed by atoms with Gasteiger partial charge in [-0.2, -0.15) is 0 Å². The summed E-state index contributed by atoms with van der Waals surface area (Å²) in [4.78, 5) is 23.5. The first-order valence-corrected chi connectivity index (χ1v) is 7.38. The number of carboxylic acid groups (broad SMARTS) is 1. The lowest BCUT2D eigenvalue weighted by Crippen LogP contribution is -2.49. The lowest BCUT2D eigenvalue weighted by atomic mass is 9.73. The van der Waals surface area contributed by atoms with Crippen LogP contribution in [0.1, 0.15) is 51.9 Å². The van der Waals surface area contributed by atoms with Crippen molar-refractivity contribution in [3.8, 4) is 0 Å². The molecule has 20 heavy (non-hydrogen) atoms. The van der Waals surface area contributed by atoms with Crippen LogP contribution in [0.25, 0.3) is 0 Å². The van der Waals surface area contributed by atoms with Crippen molar-refractivity contribution in [2.24, 2.45) is 16.9 Å². The molecule has 0 aromatic heterocycles. The van der Waals surface area contributed by atoms with E-state index in [9.17, 15) is 14.7 Å². The minimum Gasteiger partial charge on any atom is -0.480 e. The summed E-state index contributed by atoms with van der Waals surface area (Å²) in [5, 5.41) is 11.9. The number of carboxylic acids is 1. The van der Waals surface area contributed by atoms with E-state index in [1.54, 1.807) is 0 Å². The molecule has 0 heterocycles. The Kier molecular flexibility index (Phi) is 6.42. The largest absolute Gasteiger partial charge is 0.480 e. The van der Waals surface area contributed by atoms with Crippen LogP contribution in [0.4, 0.5) is 0 Å².